The van der Waals surface area contributed by atoms with Crippen molar-refractivity contribution in [1.82, 2.24) is 9.55 Å². The minimum absolute atomic E-state index is 0.0577. The molecule has 0 saturated heterocycles. The number of alkyl halides is 1. The molecule has 0 bridgehead atoms. The SMILES string of the molecule is CCc1nc2cc([N+](=O)[O-])ccc2n1-c1ccc(CCCl)cc1. The molecule has 0 radical (unpaired) electrons. The van der Waals surface area contributed by atoms with Gasteiger partial charge in [0.25, 0.3) is 5.69 Å². The van der Waals surface area contributed by atoms with E-state index in [9.17, 15) is 10.1 Å². The van der Waals surface area contributed by atoms with Gasteiger partial charge in [-0.1, -0.05) is 19.1 Å². The van der Waals surface area contributed by atoms with Gasteiger partial charge in [-0.25, -0.2) is 4.98 Å². The van der Waals surface area contributed by atoms with Crippen LogP contribution < -0.4 is 0 Å². The predicted molar refractivity (Wildman–Crippen MR) is 91.5 cm³/mol. The molecular formula is C17H16ClN3O2. The summed E-state index contributed by atoms with van der Waals surface area (Å²) in [5.74, 6) is 1.47. The number of fused-ring (bicyclic) bond motifs is 1. The van der Waals surface area contributed by atoms with Crippen LogP contribution in [0.1, 0.15) is 18.3 Å². The number of halogens is 1. The Kier molecular flexibility index (Phi) is 4.30. The van der Waals surface area contributed by atoms with Crippen molar-refractivity contribution in [2.45, 2.75) is 19.8 Å². The molecule has 5 nitrogen and oxygen atoms in total. The summed E-state index contributed by atoms with van der Waals surface area (Å²) in [6, 6.07) is 13.0. The highest BCUT2D eigenvalue weighted by molar-refractivity contribution is 6.17. The monoisotopic (exact) mass is 329 g/mol. The van der Waals surface area contributed by atoms with E-state index in [0.29, 0.717) is 11.4 Å². The summed E-state index contributed by atoms with van der Waals surface area (Å²) in [5.41, 5.74) is 3.75. The molecule has 0 aliphatic heterocycles. The minimum Gasteiger partial charge on any atom is -0.296 e. The number of hydrogen-bond donors (Lipinski definition) is 0. The van der Waals surface area contributed by atoms with Crippen molar-refractivity contribution in [3.8, 4) is 5.69 Å². The zero-order valence-corrected chi connectivity index (χ0v) is 13.5. The highest BCUT2D eigenvalue weighted by Crippen LogP contribution is 2.25. The van der Waals surface area contributed by atoms with Gasteiger partial charge in [0.15, 0.2) is 0 Å². The molecule has 0 spiro atoms. The Morgan fingerprint density at radius 1 is 1.22 bits per heavy atom. The summed E-state index contributed by atoms with van der Waals surface area (Å²) in [5, 5.41) is 10.9. The fourth-order valence-electron chi connectivity index (χ4n) is 2.68. The minimum atomic E-state index is -0.398. The Morgan fingerprint density at radius 2 is 1.96 bits per heavy atom. The van der Waals surface area contributed by atoms with Gasteiger partial charge in [-0.2, -0.15) is 0 Å². The summed E-state index contributed by atoms with van der Waals surface area (Å²) in [6.45, 7) is 2.02. The Morgan fingerprint density at radius 3 is 2.57 bits per heavy atom. The zero-order chi connectivity index (χ0) is 16.4. The van der Waals surface area contributed by atoms with Crippen LogP contribution in [0.25, 0.3) is 16.7 Å². The van der Waals surface area contributed by atoms with Crippen LogP contribution in [0.4, 0.5) is 5.69 Å². The first kappa shape index (κ1) is 15.5. The maximum Gasteiger partial charge on any atom is 0.271 e. The second-order valence-electron chi connectivity index (χ2n) is 5.25. The van der Waals surface area contributed by atoms with Gasteiger partial charge in [0.05, 0.1) is 16.0 Å². The van der Waals surface area contributed by atoms with Crippen molar-refractivity contribution in [2.75, 3.05) is 5.88 Å². The number of nitrogens with zero attached hydrogens (tertiary/aromatic N) is 3. The van der Waals surface area contributed by atoms with E-state index in [4.69, 9.17) is 11.6 Å². The van der Waals surface area contributed by atoms with E-state index < -0.39 is 4.92 Å². The van der Waals surface area contributed by atoms with Gasteiger partial charge in [0.2, 0.25) is 0 Å². The van der Waals surface area contributed by atoms with Crippen LogP contribution in [0.2, 0.25) is 0 Å². The van der Waals surface area contributed by atoms with Crippen LogP contribution in [-0.4, -0.2) is 20.4 Å². The summed E-state index contributed by atoms with van der Waals surface area (Å²) in [7, 11) is 0. The molecule has 118 valence electrons. The van der Waals surface area contributed by atoms with E-state index in [1.165, 1.54) is 17.7 Å². The molecule has 0 aliphatic carbocycles. The fourth-order valence-corrected chi connectivity index (χ4v) is 2.90. The van der Waals surface area contributed by atoms with Crippen LogP contribution in [0.5, 0.6) is 0 Å². The van der Waals surface area contributed by atoms with Gasteiger partial charge in [0, 0.05) is 30.1 Å². The molecule has 0 N–H and O–H groups in total. The van der Waals surface area contributed by atoms with Crippen LogP contribution in [0.3, 0.4) is 0 Å². The lowest BCUT2D eigenvalue weighted by atomic mass is 10.1. The molecule has 3 rings (SSSR count). The average Bonchev–Trinajstić information content (AvgIpc) is 2.93. The maximum atomic E-state index is 10.9. The number of aromatic nitrogens is 2. The van der Waals surface area contributed by atoms with E-state index in [1.54, 1.807) is 6.07 Å². The van der Waals surface area contributed by atoms with Crippen LogP contribution in [0, 0.1) is 10.1 Å². The lowest BCUT2D eigenvalue weighted by molar-refractivity contribution is -0.384. The highest BCUT2D eigenvalue weighted by atomic mass is 35.5. The largest absolute Gasteiger partial charge is 0.296 e. The number of non-ortho nitro benzene ring substituents is 1. The smallest absolute Gasteiger partial charge is 0.271 e. The number of rotatable bonds is 5. The third-order valence-electron chi connectivity index (χ3n) is 3.81. The van der Waals surface area contributed by atoms with E-state index in [1.807, 2.05) is 35.8 Å². The second-order valence-corrected chi connectivity index (χ2v) is 5.63. The molecule has 2 aromatic carbocycles. The highest BCUT2D eigenvalue weighted by Gasteiger charge is 2.14. The molecule has 1 heterocycles. The molecule has 3 aromatic rings. The fraction of sp³-hybridized carbons (Fsp3) is 0.235. The van der Waals surface area contributed by atoms with Crippen molar-refractivity contribution in [3.05, 3.63) is 64.0 Å². The average molecular weight is 330 g/mol. The Labute approximate surface area is 138 Å². The van der Waals surface area contributed by atoms with Gasteiger partial charge in [-0.05, 0) is 30.2 Å². The van der Waals surface area contributed by atoms with E-state index >= 15 is 0 Å². The lowest BCUT2D eigenvalue weighted by Crippen LogP contribution is -2.00. The number of nitro benzene ring substituents is 1. The number of imidazole rings is 1. The number of nitro groups is 1. The lowest BCUT2D eigenvalue weighted by Gasteiger charge is -2.09. The normalized spacial score (nSPS) is 11.0. The zero-order valence-electron chi connectivity index (χ0n) is 12.7. The van der Waals surface area contributed by atoms with Crippen LogP contribution in [-0.2, 0) is 12.8 Å². The van der Waals surface area contributed by atoms with E-state index in [-0.39, 0.29) is 5.69 Å². The number of hydrogen-bond acceptors (Lipinski definition) is 3. The van der Waals surface area contributed by atoms with Gasteiger partial charge in [-0.15, -0.1) is 11.6 Å². The third-order valence-corrected chi connectivity index (χ3v) is 4.00. The van der Waals surface area contributed by atoms with Crippen LogP contribution in [0.15, 0.2) is 42.5 Å². The van der Waals surface area contributed by atoms with Gasteiger partial charge in [0.1, 0.15) is 5.82 Å². The predicted octanol–water partition coefficient (Wildman–Crippen LogP) is 4.28. The number of benzene rings is 2. The van der Waals surface area contributed by atoms with Crippen molar-refractivity contribution in [2.24, 2.45) is 0 Å². The Balaban J connectivity index is 2.13. The van der Waals surface area contributed by atoms with Gasteiger partial charge >= 0.3 is 0 Å². The topological polar surface area (TPSA) is 61.0 Å². The Bertz CT molecular complexity index is 856. The first-order chi connectivity index (χ1) is 11.1. The van der Waals surface area contributed by atoms with E-state index in [0.717, 1.165) is 29.9 Å². The second kappa shape index (κ2) is 6.38. The summed E-state index contributed by atoms with van der Waals surface area (Å²) >= 11 is 5.77. The molecule has 23 heavy (non-hydrogen) atoms. The summed E-state index contributed by atoms with van der Waals surface area (Å²) in [6.07, 6.45) is 1.57. The maximum absolute atomic E-state index is 10.9. The van der Waals surface area contributed by atoms with Crippen molar-refractivity contribution in [3.63, 3.8) is 0 Å². The molecule has 0 unspecified atom stereocenters. The molecule has 0 aliphatic rings. The van der Waals surface area contributed by atoms with E-state index in [2.05, 4.69) is 4.98 Å². The molecule has 0 saturated carbocycles. The van der Waals surface area contributed by atoms with Gasteiger partial charge in [-0.3, -0.25) is 14.7 Å². The standard InChI is InChI=1S/C17H16ClN3O2/c1-2-17-19-15-11-14(21(22)23)7-8-16(15)20(17)13-5-3-12(4-6-13)9-10-18/h3-8,11H,2,9-10H2,1H3. The van der Waals surface area contributed by atoms with Crippen molar-refractivity contribution < 1.29 is 4.92 Å². The van der Waals surface area contributed by atoms with Crippen molar-refractivity contribution in [1.29, 1.82) is 0 Å². The van der Waals surface area contributed by atoms with Crippen molar-refractivity contribution >= 4 is 28.3 Å². The molecular weight excluding hydrogens is 314 g/mol. The molecule has 0 atom stereocenters. The summed E-state index contributed by atoms with van der Waals surface area (Å²) in [4.78, 5) is 15.1. The number of aryl methyl sites for hydroxylation is 2. The molecule has 1 aromatic heterocycles. The molecule has 6 heteroatoms. The third kappa shape index (κ3) is 2.92. The first-order valence-electron chi connectivity index (χ1n) is 7.45. The summed E-state index contributed by atoms with van der Waals surface area (Å²) < 4.78 is 2.05. The Hall–Kier alpha value is -2.40. The van der Waals surface area contributed by atoms with Crippen LogP contribution >= 0.6 is 11.6 Å². The first-order valence-corrected chi connectivity index (χ1v) is 7.98. The molecule has 0 amide bonds. The quantitative estimate of drug-likeness (QED) is 0.399. The van der Waals surface area contributed by atoms with Gasteiger partial charge < -0.3 is 0 Å². The molecule has 0 fully saturated rings.